The number of carbonyl (C=O) groups is 4. The van der Waals surface area contributed by atoms with Gasteiger partial charge in [0.2, 0.25) is 5.91 Å². The molecule has 2 N–H and O–H groups in total. The number of rotatable bonds is 11. The van der Waals surface area contributed by atoms with Crippen LogP contribution < -0.4 is 15.7 Å². The average molecular weight is 396 g/mol. The maximum Gasteiger partial charge on any atom is 0.407 e. The maximum absolute atomic E-state index is 11.8. The number of ether oxygens (including phenoxy) is 1. The number of carboxylic acids is 1. The van der Waals surface area contributed by atoms with Crippen LogP contribution >= 0.6 is 0 Å². The molecule has 1 atom stereocenters. The second-order valence-electron chi connectivity index (χ2n) is 6.06. The molecule has 1 rings (SSSR count). The van der Waals surface area contributed by atoms with Gasteiger partial charge in [-0.2, -0.15) is 0 Å². The number of hydrogen-bond donors (Lipinski definition) is 2. The Bertz CT molecular complexity index is 651. The van der Waals surface area contributed by atoms with E-state index in [1.807, 2.05) is 18.6 Å². The van der Waals surface area contributed by atoms with Crippen molar-refractivity contribution in [1.82, 2.24) is 10.6 Å². The Labute approximate surface area is 161 Å². The van der Waals surface area contributed by atoms with E-state index < -0.39 is 30.6 Å². The van der Waals surface area contributed by atoms with Crippen molar-refractivity contribution in [3.63, 3.8) is 0 Å². The van der Waals surface area contributed by atoms with E-state index >= 15 is 0 Å². The summed E-state index contributed by atoms with van der Waals surface area (Å²) in [6, 6.07) is 7.71. The fourth-order valence-electron chi connectivity index (χ4n) is 2.12. The van der Waals surface area contributed by atoms with Crippen molar-refractivity contribution in [2.24, 2.45) is 0 Å². The highest BCUT2D eigenvalue weighted by atomic mass is 32.2. The number of carboxylic acid groups (broad SMARTS) is 1. The van der Waals surface area contributed by atoms with Crippen LogP contribution in [0.2, 0.25) is 0 Å². The van der Waals surface area contributed by atoms with Gasteiger partial charge >= 0.3 is 6.09 Å². The lowest BCUT2D eigenvalue weighted by atomic mass is 10.1. The molecule has 1 aromatic rings. The molecule has 0 aliphatic carbocycles. The van der Waals surface area contributed by atoms with Crippen LogP contribution in [-0.4, -0.2) is 54.6 Å². The van der Waals surface area contributed by atoms with Crippen molar-refractivity contribution >= 4 is 34.6 Å². The Balaban J connectivity index is 2.33. The summed E-state index contributed by atoms with van der Waals surface area (Å²) >= 11 is 0. The number of benzene rings is 1. The summed E-state index contributed by atoms with van der Waals surface area (Å²) in [6.45, 7) is -0.396. The highest BCUT2D eigenvalue weighted by molar-refractivity contribution is 7.96. The van der Waals surface area contributed by atoms with Crippen LogP contribution in [0.3, 0.4) is 0 Å². The van der Waals surface area contributed by atoms with E-state index in [2.05, 4.69) is 10.6 Å². The number of ketones is 1. The molecule has 9 heteroatoms. The molecule has 27 heavy (non-hydrogen) atoms. The molecule has 0 bridgehead atoms. The van der Waals surface area contributed by atoms with Crippen molar-refractivity contribution in [3.8, 4) is 0 Å². The second kappa shape index (κ2) is 11.9. The minimum absolute atomic E-state index is 0.0383. The third-order valence-corrected chi connectivity index (χ3v) is 4.29. The molecular weight excluding hydrogens is 372 g/mol. The predicted molar refractivity (Wildman–Crippen MR) is 99.9 cm³/mol. The topological polar surface area (TPSA) is 125 Å². The number of alkyl carbamates (subject to hydrolysis) is 1. The van der Waals surface area contributed by atoms with Crippen LogP contribution in [0.5, 0.6) is 0 Å². The van der Waals surface area contributed by atoms with Crippen LogP contribution in [-0.2, 0) is 36.6 Å². The van der Waals surface area contributed by atoms with E-state index in [1.54, 1.807) is 24.3 Å². The zero-order valence-corrected chi connectivity index (χ0v) is 16.2. The molecule has 0 fully saturated rings. The van der Waals surface area contributed by atoms with Gasteiger partial charge in [0, 0.05) is 6.42 Å². The van der Waals surface area contributed by atoms with Gasteiger partial charge in [-0.15, -0.1) is 0 Å². The Hall–Kier alpha value is -2.55. The van der Waals surface area contributed by atoms with E-state index in [-0.39, 0.29) is 36.1 Å². The fourth-order valence-corrected chi connectivity index (χ4v) is 2.91. The molecule has 0 radical (unpaired) electrons. The molecule has 0 aliphatic heterocycles. The molecule has 0 spiro atoms. The van der Waals surface area contributed by atoms with Gasteiger partial charge in [-0.1, -0.05) is 30.3 Å². The quantitative estimate of drug-likeness (QED) is 0.480. The molecule has 2 amide bonds. The number of Topliss-reactive ketones (excluding diaryl/α,β-unsaturated/α-hetero) is 1. The highest BCUT2D eigenvalue weighted by Gasteiger charge is 2.18. The van der Waals surface area contributed by atoms with Gasteiger partial charge in [0.05, 0.1) is 24.5 Å². The van der Waals surface area contributed by atoms with Crippen molar-refractivity contribution in [1.29, 1.82) is 0 Å². The lowest BCUT2D eigenvalue weighted by molar-refractivity contribution is -0.308. The first-order valence-electron chi connectivity index (χ1n) is 8.28. The lowest BCUT2D eigenvalue weighted by Gasteiger charge is -2.19. The Morgan fingerprint density at radius 1 is 1.15 bits per heavy atom. The van der Waals surface area contributed by atoms with Crippen molar-refractivity contribution in [3.05, 3.63) is 35.9 Å². The van der Waals surface area contributed by atoms with Gasteiger partial charge in [-0.25, -0.2) is 4.79 Å². The second-order valence-corrected chi connectivity index (χ2v) is 8.32. The van der Waals surface area contributed by atoms with E-state index in [4.69, 9.17) is 4.74 Å². The van der Waals surface area contributed by atoms with Gasteiger partial charge in [0.25, 0.3) is 0 Å². The average Bonchev–Trinajstić information content (AvgIpc) is 2.61. The summed E-state index contributed by atoms with van der Waals surface area (Å²) in [7, 11) is -0.0676. The minimum Gasteiger partial charge on any atom is -0.548 e. The third kappa shape index (κ3) is 10.2. The van der Waals surface area contributed by atoms with Crippen molar-refractivity contribution < 1.29 is 29.0 Å². The molecule has 0 saturated heterocycles. The largest absolute Gasteiger partial charge is 0.548 e. The van der Waals surface area contributed by atoms with E-state index in [0.29, 0.717) is 5.75 Å². The Kier molecular flexibility index (Phi) is 9.95. The van der Waals surface area contributed by atoms with Crippen LogP contribution in [0.15, 0.2) is 30.3 Å². The van der Waals surface area contributed by atoms with Crippen molar-refractivity contribution in [2.45, 2.75) is 25.5 Å². The molecule has 148 valence electrons. The van der Waals surface area contributed by atoms with Crippen molar-refractivity contribution in [2.75, 3.05) is 24.8 Å². The van der Waals surface area contributed by atoms with Gasteiger partial charge in [0.15, 0.2) is 11.5 Å². The fraction of sp³-hybridized carbons (Fsp3) is 0.444. The Morgan fingerprint density at radius 3 is 2.41 bits per heavy atom. The van der Waals surface area contributed by atoms with Gasteiger partial charge in [-0.3, -0.25) is 9.59 Å². The summed E-state index contributed by atoms with van der Waals surface area (Å²) in [5, 5.41) is 15.6. The zero-order chi connectivity index (χ0) is 20.2. The normalized spacial score (nSPS) is 11.5. The molecule has 0 saturated carbocycles. The van der Waals surface area contributed by atoms with Gasteiger partial charge < -0.3 is 25.3 Å². The first kappa shape index (κ1) is 22.5. The van der Waals surface area contributed by atoms with Crippen LogP contribution in [0.4, 0.5) is 4.79 Å². The summed E-state index contributed by atoms with van der Waals surface area (Å²) in [4.78, 5) is 46.2. The molecule has 0 heterocycles. The minimum atomic E-state index is -1.48. The summed E-state index contributed by atoms with van der Waals surface area (Å²) < 4.78 is 4.94. The van der Waals surface area contributed by atoms with Crippen LogP contribution in [0, 0.1) is 0 Å². The Morgan fingerprint density at radius 2 is 1.81 bits per heavy atom. The third-order valence-electron chi connectivity index (χ3n) is 3.39. The first-order valence-corrected chi connectivity index (χ1v) is 10.5. The highest BCUT2D eigenvalue weighted by Crippen LogP contribution is 2.01. The molecule has 0 aliphatic rings. The van der Waals surface area contributed by atoms with E-state index in [1.165, 1.54) is 0 Å². The monoisotopic (exact) mass is 396 g/mol. The molecule has 0 aromatic heterocycles. The first-order chi connectivity index (χ1) is 12.8. The van der Waals surface area contributed by atoms with Crippen LogP contribution in [0.25, 0.3) is 0 Å². The van der Waals surface area contributed by atoms with Gasteiger partial charge in [0.1, 0.15) is 13.2 Å². The summed E-state index contributed by atoms with van der Waals surface area (Å²) in [6.07, 6.45) is 3.02. The number of carbonyl (C=O) groups excluding carboxylic acids is 4. The summed E-state index contributed by atoms with van der Waals surface area (Å²) in [5.41, 5.74) is 0.792. The maximum atomic E-state index is 11.8. The molecule has 1 unspecified atom stereocenters. The number of aliphatic carboxylic acids is 1. The smallest absolute Gasteiger partial charge is 0.407 e. The number of hydrogen-bond acceptors (Lipinski definition) is 6. The zero-order valence-electron chi connectivity index (χ0n) is 15.4. The van der Waals surface area contributed by atoms with E-state index in [9.17, 15) is 24.3 Å². The number of nitrogens with one attached hydrogen (secondary N) is 2. The SMILES string of the molecule is C[S+](C)CC(=O)CCC(NC(=O)CNC(=O)OCc1ccccc1)C(=O)[O-]. The standard InChI is InChI=1S/C18H24N2O6S/c1-27(2)12-14(21)8-9-15(17(23)24)20-16(22)10-19-18(25)26-11-13-6-4-3-5-7-13/h3-7,15H,8-12H2,1-2H3,(H2-,19,20,22,23,24,25). The lowest BCUT2D eigenvalue weighted by Crippen LogP contribution is -2.50. The van der Waals surface area contributed by atoms with E-state index in [0.717, 1.165) is 5.56 Å². The summed E-state index contributed by atoms with van der Waals surface area (Å²) in [5.74, 6) is -1.87. The van der Waals surface area contributed by atoms with Gasteiger partial charge in [-0.05, 0) is 22.9 Å². The molecule has 1 aromatic carbocycles. The molecular formula is C18H24N2O6S. The predicted octanol–water partition coefficient (Wildman–Crippen LogP) is -0.625. The molecule has 8 nitrogen and oxygen atoms in total. The van der Waals surface area contributed by atoms with Crippen LogP contribution in [0.1, 0.15) is 18.4 Å². The number of amides is 2.